The number of hydrogen-bond acceptors (Lipinski definition) is 3. The Kier molecular flexibility index (Phi) is 5.30. The minimum Gasteiger partial charge on any atom is -0.332 e. The molecule has 0 heterocycles. The summed E-state index contributed by atoms with van der Waals surface area (Å²) in [5.74, 6) is -0.915. The Balaban J connectivity index is 2.13. The molecule has 0 atom stereocenters. The monoisotopic (exact) mass is 393 g/mol. The van der Waals surface area contributed by atoms with E-state index in [1.54, 1.807) is 0 Å². The molecule has 5 nitrogen and oxygen atoms in total. The largest absolute Gasteiger partial charge is 0.416 e. The molecule has 2 aromatic rings. The molecule has 0 aliphatic carbocycles. The van der Waals surface area contributed by atoms with Crippen molar-refractivity contribution in [2.24, 2.45) is 5.14 Å². The molecule has 2 aromatic carbocycles. The van der Waals surface area contributed by atoms with Crippen molar-refractivity contribution >= 4 is 38.7 Å². The summed E-state index contributed by atoms with van der Waals surface area (Å²) >= 11 is 4.91. The van der Waals surface area contributed by atoms with E-state index < -0.39 is 33.3 Å². The summed E-state index contributed by atoms with van der Waals surface area (Å²) in [6, 6.07) is 6.99. The van der Waals surface area contributed by atoms with Gasteiger partial charge in [0.05, 0.1) is 16.1 Å². The van der Waals surface area contributed by atoms with Gasteiger partial charge < -0.3 is 10.6 Å². The molecule has 0 aliphatic heterocycles. The first-order valence-corrected chi connectivity index (χ1v) is 8.50. The predicted octanol–water partition coefficient (Wildman–Crippen LogP) is 3.30. The van der Waals surface area contributed by atoms with Crippen molar-refractivity contribution in [3.8, 4) is 0 Å². The quantitative estimate of drug-likeness (QED) is 0.551. The van der Waals surface area contributed by atoms with Gasteiger partial charge >= 0.3 is 6.18 Å². The van der Waals surface area contributed by atoms with E-state index in [0.29, 0.717) is 23.9 Å². The van der Waals surface area contributed by atoms with Gasteiger partial charge in [0.15, 0.2) is 5.11 Å². The van der Waals surface area contributed by atoms with E-state index >= 15 is 0 Å². The van der Waals surface area contributed by atoms with Crippen molar-refractivity contribution in [3.63, 3.8) is 0 Å². The fourth-order valence-electron chi connectivity index (χ4n) is 1.81. The number of rotatable bonds is 3. The number of nitrogens with two attached hydrogens (primary N) is 1. The zero-order valence-corrected chi connectivity index (χ0v) is 13.9. The van der Waals surface area contributed by atoms with Gasteiger partial charge in [-0.15, -0.1) is 0 Å². The first kappa shape index (κ1) is 19.1. The molecule has 0 amide bonds. The van der Waals surface area contributed by atoms with E-state index in [0.717, 1.165) is 0 Å². The maximum absolute atomic E-state index is 13.6. The lowest BCUT2D eigenvalue weighted by Gasteiger charge is -2.13. The number of sulfonamides is 1. The van der Waals surface area contributed by atoms with Crippen LogP contribution in [0.5, 0.6) is 0 Å². The van der Waals surface area contributed by atoms with E-state index in [4.69, 9.17) is 17.4 Å². The first-order chi connectivity index (χ1) is 11.5. The number of nitrogens with one attached hydrogen (secondary N) is 2. The molecule has 25 heavy (non-hydrogen) atoms. The third kappa shape index (κ3) is 5.11. The minimum absolute atomic E-state index is 0.124. The van der Waals surface area contributed by atoms with Gasteiger partial charge in [-0.25, -0.2) is 17.9 Å². The van der Waals surface area contributed by atoms with Crippen LogP contribution in [-0.2, 0) is 16.2 Å². The fraction of sp³-hybridized carbons (Fsp3) is 0.0714. The molecule has 11 heteroatoms. The summed E-state index contributed by atoms with van der Waals surface area (Å²) in [7, 11) is -3.85. The van der Waals surface area contributed by atoms with Gasteiger partial charge in [0.2, 0.25) is 10.0 Å². The average Bonchev–Trinajstić information content (AvgIpc) is 2.48. The zero-order chi connectivity index (χ0) is 18.8. The minimum atomic E-state index is -4.62. The van der Waals surface area contributed by atoms with Gasteiger partial charge in [-0.1, -0.05) is 0 Å². The lowest BCUT2D eigenvalue weighted by Crippen LogP contribution is -2.20. The van der Waals surface area contributed by atoms with Crippen LogP contribution in [-0.4, -0.2) is 13.5 Å². The van der Waals surface area contributed by atoms with Gasteiger partial charge in [0.1, 0.15) is 5.82 Å². The molecule has 0 spiro atoms. The van der Waals surface area contributed by atoms with Crippen LogP contribution in [0.15, 0.2) is 47.4 Å². The standard InChI is InChI=1S/C14H11F4N3O2S2/c15-11-6-1-8(14(16,17)18)7-12(11)21-13(24)20-9-2-4-10(5-3-9)25(19,22)23/h1-7H,(H2,19,22,23)(H2,20,21,24). The van der Waals surface area contributed by atoms with E-state index in [1.807, 2.05) is 0 Å². The van der Waals surface area contributed by atoms with E-state index in [9.17, 15) is 26.0 Å². The third-order valence-electron chi connectivity index (χ3n) is 2.98. The summed E-state index contributed by atoms with van der Waals surface area (Å²) in [6.45, 7) is 0. The van der Waals surface area contributed by atoms with Crippen LogP contribution >= 0.6 is 12.2 Å². The number of halogens is 4. The van der Waals surface area contributed by atoms with Crippen LogP contribution in [0.25, 0.3) is 0 Å². The molecular weight excluding hydrogens is 382 g/mol. The molecular formula is C14H11F4N3O2S2. The van der Waals surface area contributed by atoms with Crippen LogP contribution in [0, 0.1) is 5.82 Å². The van der Waals surface area contributed by atoms with Crippen LogP contribution in [0.1, 0.15) is 5.56 Å². The molecule has 0 saturated heterocycles. The van der Waals surface area contributed by atoms with Crippen molar-refractivity contribution in [3.05, 3.63) is 53.8 Å². The molecule has 0 radical (unpaired) electrons. The van der Waals surface area contributed by atoms with Gasteiger partial charge in [-0.05, 0) is 54.7 Å². The normalized spacial score (nSPS) is 11.9. The van der Waals surface area contributed by atoms with Crippen LogP contribution in [0.3, 0.4) is 0 Å². The molecule has 4 N–H and O–H groups in total. The average molecular weight is 393 g/mol. The maximum atomic E-state index is 13.6. The zero-order valence-electron chi connectivity index (χ0n) is 12.3. The first-order valence-electron chi connectivity index (χ1n) is 6.54. The fourth-order valence-corrected chi connectivity index (χ4v) is 2.55. The molecule has 0 bridgehead atoms. The second-order valence-electron chi connectivity index (χ2n) is 4.84. The Morgan fingerprint density at radius 2 is 1.64 bits per heavy atom. The van der Waals surface area contributed by atoms with E-state index in [-0.39, 0.29) is 10.0 Å². The molecule has 0 unspecified atom stereocenters. The predicted molar refractivity (Wildman–Crippen MR) is 89.1 cm³/mol. The summed E-state index contributed by atoms with van der Waals surface area (Å²) in [5.41, 5.74) is -1.15. The SMILES string of the molecule is NS(=O)(=O)c1ccc(NC(=S)Nc2cc(C(F)(F)F)ccc2F)cc1. The lowest BCUT2D eigenvalue weighted by atomic mass is 10.2. The highest BCUT2D eigenvalue weighted by Gasteiger charge is 2.31. The van der Waals surface area contributed by atoms with E-state index in [1.165, 1.54) is 24.3 Å². The molecule has 2 rings (SSSR count). The Morgan fingerprint density at radius 3 is 2.16 bits per heavy atom. The number of benzene rings is 2. The van der Waals surface area contributed by atoms with Crippen molar-refractivity contribution in [1.82, 2.24) is 0 Å². The highest BCUT2D eigenvalue weighted by Crippen LogP contribution is 2.31. The second kappa shape index (κ2) is 6.94. The highest BCUT2D eigenvalue weighted by atomic mass is 32.2. The Bertz CT molecular complexity index is 897. The highest BCUT2D eigenvalue weighted by molar-refractivity contribution is 7.89. The van der Waals surface area contributed by atoms with Crippen molar-refractivity contribution < 1.29 is 26.0 Å². The van der Waals surface area contributed by atoms with Crippen LogP contribution in [0.4, 0.5) is 28.9 Å². The third-order valence-corrected chi connectivity index (χ3v) is 4.12. The van der Waals surface area contributed by atoms with Crippen LogP contribution < -0.4 is 15.8 Å². The van der Waals surface area contributed by atoms with Crippen LogP contribution in [0.2, 0.25) is 0 Å². The van der Waals surface area contributed by atoms with E-state index in [2.05, 4.69) is 10.6 Å². The Hall–Kier alpha value is -2.24. The Morgan fingerprint density at radius 1 is 1.04 bits per heavy atom. The van der Waals surface area contributed by atoms with Crippen molar-refractivity contribution in [2.45, 2.75) is 11.1 Å². The number of primary sulfonamides is 1. The van der Waals surface area contributed by atoms with Gasteiger partial charge in [0.25, 0.3) is 0 Å². The van der Waals surface area contributed by atoms with Gasteiger partial charge in [0, 0.05) is 5.69 Å². The summed E-state index contributed by atoms with van der Waals surface area (Å²) in [5, 5.41) is 9.69. The van der Waals surface area contributed by atoms with Crippen molar-refractivity contribution in [1.29, 1.82) is 0 Å². The molecule has 0 fully saturated rings. The summed E-state index contributed by atoms with van der Waals surface area (Å²) in [4.78, 5) is -0.124. The molecule has 0 aromatic heterocycles. The molecule has 134 valence electrons. The summed E-state index contributed by atoms with van der Waals surface area (Å²) in [6.07, 6.45) is -4.62. The summed E-state index contributed by atoms with van der Waals surface area (Å²) < 4.78 is 73.9. The molecule has 0 aliphatic rings. The number of anilines is 2. The number of thiocarbonyl (C=S) groups is 1. The van der Waals surface area contributed by atoms with Gasteiger partial charge in [-0.3, -0.25) is 0 Å². The van der Waals surface area contributed by atoms with Gasteiger partial charge in [-0.2, -0.15) is 13.2 Å². The number of hydrogen-bond donors (Lipinski definition) is 3. The van der Waals surface area contributed by atoms with Crippen molar-refractivity contribution in [2.75, 3.05) is 10.6 Å². The topological polar surface area (TPSA) is 84.2 Å². The maximum Gasteiger partial charge on any atom is 0.416 e. The smallest absolute Gasteiger partial charge is 0.332 e. The second-order valence-corrected chi connectivity index (χ2v) is 6.81. The lowest BCUT2D eigenvalue weighted by molar-refractivity contribution is -0.137. The molecule has 0 saturated carbocycles. The Labute approximate surface area is 145 Å². The number of alkyl halides is 3.